The number of ketones is 1. The first-order chi connectivity index (χ1) is 11.3. The number of ether oxygens (including phenoxy) is 1. The molecule has 0 aliphatic heterocycles. The summed E-state index contributed by atoms with van der Waals surface area (Å²) in [6.07, 6.45) is 1.71. The van der Waals surface area contributed by atoms with Gasteiger partial charge in [0.15, 0.2) is 6.61 Å². The van der Waals surface area contributed by atoms with E-state index in [2.05, 4.69) is 11.1 Å². The van der Waals surface area contributed by atoms with Crippen molar-refractivity contribution < 1.29 is 9.53 Å². The van der Waals surface area contributed by atoms with Crippen LogP contribution in [0.25, 0.3) is 11.1 Å². The lowest BCUT2D eigenvalue weighted by atomic mass is 10.0. The van der Waals surface area contributed by atoms with Gasteiger partial charge < -0.3 is 9.72 Å². The Balaban J connectivity index is 1.65. The maximum Gasteiger partial charge on any atom is 0.216 e. The van der Waals surface area contributed by atoms with Crippen molar-refractivity contribution in [3.63, 3.8) is 0 Å². The molecule has 1 aromatic heterocycles. The van der Waals surface area contributed by atoms with E-state index >= 15 is 0 Å². The molecule has 2 aromatic carbocycles. The molecule has 4 heteroatoms. The van der Waals surface area contributed by atoms with E-state index in [-0.39, 0.29) is 12.4 Å². The minimum Gasteiger partial charge on any atom is -0.485 e. The molecular formula is C19H14N2O2. The second-order valence-corrected chi connectivity index (χ2v) is 5.01. The molecule has 0 amide bonds. The van der Waals surface area contributed by atoms with Crippen LogP contribution in [0.3, 0.4) is 0 Å². The van der Waals surface area contributed by atoms with Crippen LogP contribution in [0.4, 0.5) is 0 Å². The van der Waals surface area contributed by atoms with Crippen molar-refractivity contribution in [3.05, 3.63) is 78.1 Å². The van der Waals surface area contributed by atoms with Crippen LogP contribution < -0.4 is 4.74 Å². The molecule has 4 nitrogen and oxygen atoms in total. The van der Waals surface area contributed by atoms with Crippen molar-refractivity contribution in [2.24, 2.45) is 0 Å². The average molecular weight is 302 g/mol. The second kappa shape index (κ2) is 6.63. The van der Waals surface area contributed by atoms with Crippen LogP contribution in [0.15, 0.2) is 66.9 Å². The summed E-state index contributed by atoms with van der Waals surface area (Å²) in [7, 11) is 0. The average Bonchev–Trinajstić information content (AvgIpc) is 3.15. The van der Waals surface area contributed by atoms with Crippen LogP contribution in [-0.4, -0.2) is 17.4 Å². The Morgan fingerprint density at radius 3 is 2.22 bits per heavy atom. The Morgan fingerprint density at radius 2 is 1.65 bits per heavy atom. The number of Topliss-reactive ketones (excluding diaryl/α,β-unsaturated/α-hetero) is 1. The predicted molar refractivity (Wildman–Crippen MR) is 87.2 cm³/mol. The number of benzene rings is 2. The van der Waals surface area contributed by atoms with Crippen molar-refractivity contribution >= 4 is 5.78 Å². The van der Waals surface area contributed by atoms with Gasteiger partial charge in [0.25, 0.3) is 0 Å². The SMILES string of the molecule is N#Cc1ccc(-c2ccc(OCC(=O)c3ccc[nH]3)cc2)cc1. The minimum absolute atomic E-state index is 0.00325. The third kappa shape index (κ3) is 3.47. The number of carbonyl (C=O) groups is 1. The number of hydrogen-bond donors (Lipinski definition) is 1. The lowest BCUT2D eigenvalue weighted by molar-refractivity contribution is 0.0917. The van der Waals surface area contributed by atoms with Crippen molar-refractivity contribution in [1.29, 1.82) is 5.26 Å². The number of nitriles is 1. The van der Waals surface area contributed by atoms with Gasteiger partial charge in [-0.2, -0.15) is 5.26 Å². The van der Waals surface area contributed by atoms with Gasteiger partial charge in [0.05, 0.1) is 17.3 Å². The molecule has 23 heavy (non-hydrogen) atoms. The summed E-state index contributed by atoms with van der Waals surface area (Å²) in [5.74, 6) is 0.550. The van der Waals surface area contributed by atoms with Gasteiger partial charge in [-0.1, -0.05) is 24.3 Å². The number of rotatable bonds is 5. The van der Waals surface area contributed by atoms with Gasteiger partial charge in [0.2, 0.25) is 5.78 Å². The molecule has 1 N–H and O–H groups in total. The zero-order valence-corrected chi connectivity index (χ0v) is 12.3. The molecule has 112 valence electrons. The van der Waals surface area contributed by atoms with Crippen LogP contribution in [0.1, 0.15) is 16.1 Å². The lowest BCUT2D eigenvalue weighted by Gasteiger charge is -2.06. The van der Waals surface area contributed by atoms with E-state index in [4.69, 9.17) is 10.00 Å². The lowest BCUT2D eigenvalue weighted by Crippen LogP contribution is -2.11. The fourth-order valence-corrected chi connectivity index (χ4v) is 2.21. The van der Waals surface area contributed by atoms with E-state index in [1.807, 2.05) is 36.4 Å². The Morgan fingerprint density at radius 1 is 1.00 bits per heavy atom. The molecule has 0 spiro atoms. The number of aromatic amines is 1. The summed E-state index contributed by atoms with van der Waals surface area (Å²) in [6.45, 7) is -0.00325. The summed E-state index contributed by atoms with van der Waals surface area (Å²) in [5, 5.41) is 8.81. The number of nitrogens with one attached hydrogen (secondary N) is 1. The monoisotopic (exact) mass is 302 g/mol. The molecule has 0 aliphatic carbocycles. The first-order valence-electron chi connectivity index (χ1n) is 7.16. The molecule has 1 heterocycles. The third-order valence-corrected chi connectivity index (χ3v) is 3.47. The summed E-state index contributed by atoms with van der Waals surface area (Å²) in [6, 6.07) is 20.5. The molecule has 0 atom stereocenters. The molecule has 3 rings (SSSR count). The number of aromatic nitrogens is 1. The van der Waals surface area contributed by atoms with Crippen molar-refractivity contribution in [2.75, 3.05) is 6.61 Å². The van der Waals surface area contributed by atoms with Gasteiger partial charge in [-0.05, 0) is 47.5 Å². The zero-order valence-electron chi connectivity index (χ0n) is 12.3. The number of nitrogens with zero attached hydrogens (tertiary/aromatic N) is 1. The molecule has 0 unspecified atom stereocenters. The van der Waals surface area contributed by atoms with Crippen LogP contribution in [0.5, 0.6) is 5.75 Å². The Bertz CT molecular complexity index is 827. The molecule has 0 radical (unpaired) electrons. The Labute approximate surface area is 134 Å². The quantitative estimate of drug-likeness (QED) is 0.729. The van der Waals surface area contributed by atoms with E-state index < -0.39 is 0 Å². The fraction of sp³-hybridized carbons (Fsp3) is 0.0526. The summed E-state index contributed by atoms with van der Waals surface area (Å²) < 4.78 is 5.51. The number of carbonyl (C=O) groups excluding carboxylic acids is 1. The smallest absolute Gasteiger partial charge is 0.216 e. The Hall–Kier alpha value is -3.32. The highest BCUT2D eigenvalue weighted by molar-refractivity contribution is 5.95. The number of H-pyrrole nitrogens is 1. The molecule has 0 aliphatic rings. The van der Waals surface area contributed by atoms with Crippen molar-refractivity contribution in [3.8, 4) is 22.9 Å². The molecular weight excluding hydrogens is 288 g/mol. The third-order valence-electron chi connectivity index (χ3n) is 3.47. The van der Waals surface area contributed by atoms with Gasteiger partial charge in [-0.3, -0.25) is 4.79 Å². The van der Waals surface area contributed by atoms with E-state index in [0.29, 0.717) is 17.0 Å². The molecule has 0 saturated heterocycles. The number of hydrogen-bond acceptors (Lipinski definition) is 3. The van der Waals surface area contributed by atoms with E-state index in [1.165, 1.54) is 0 Å². The van der Waals surface area contributed by atoms with Crippen molar-refractivity contribution in [2.45, 2.75) is 0 Å². The van der Waals surface area contributed by atoms with Crippen LogP contribution >= 0.6 is 0 Å². The second-order valence-electron chi connectivity index (χ2n) is 5.01. The molecule has 0 fully saturated rings. The summed E-state index contributed by atoms with van der Waals surface area (Å²) >= 11 is 0. The highest BCUT2D eigenvalue weighted by atomic mass is 16.5. The molecule has 3 aromatic rings. The first kappa shape index (κ1) is 14.6. The van der Waals surface area contributed by atoms with Crippen LogP contribution in [0, 0.1) is 11.3 Å². The van der Waals surface area contributed by atoms with Gasteiger partial charge in [0.1, 0.15) is 5.75 Å². The van der Waals surface area contributed by atoms with E-state index in [9.17, 15) is 4.79 Å². The maximum atomic E-state index is 11.8. The first-order valence-corrected chi connectivity index (χ1v) is 7.16. The van der Waals surface area contributed by atoms with Crippen LogP contribution in [0.2, 0.25) is 0 Å². The molecule has 0 bridgehead atoms. The summed E-state index contributed by atoms with van der Waals surface area (Å²) in [5.41, 5.74) is 3.23. The standard InChI is InChI=1S/C19H14N2O2/c20-12-14-3-5-15(6-4-14)16-7-9-17(10-8-16)23-13-19(22)18-2-1-11-21-18/h1-11,21H,13H2. The zero-order chi connectivity index (χ0) is 16.1. The van der Waals surface area contributed by atoms with Crippen molar-refractivity contribution in [1.82, 2.24) is 4.98 Å². The Kier molecular flexibility index (Phi) is 4.21. The van der Waals surface area contributed by atoms with Crippen LogP contribution in [-0.2, 0) is 0 Å². The topological polar surface area (TPSA) is 65.9 Å². The highest BCUT2D eigenvalue weighted by Gasteiger charge is 2.07. The fourth-order valence-electron chi connectivity index (χ4n) is 2.21. The van der Waals surface area contributed by atoms with E-state index in [0.717, 1.165) is 11.1 Å². The predicted octanol–water partition coefficient (Wildman–Crippen LogP) is 3.82. The summed E-state index contributed by atoms with van der Waals surface area (Å²) in [4.78, 5) is 14.7. The van der Waals surface area contributed by atoms with Gasteiger partial charge >= 0.3 is 0 Å². The highest BCUT2D eigenvalue weighted by Crippen LogP contribution is 2.22. The largest absolute Gasteiger partial charge is 0.485 e. The van der Waals surface area contributed by atoms with E-state index in [1.54, 1.807) is 30.5 Å². The normalized spacial score (nSPS) is 10.0. The maximum absolute atomic E-state index is 11.8. The molecule has 0 saturated carbocycles. The van der Waals surface area contributed by atoms with Gasteiger partial charge in [-0.25, -0.2) is 0 Å². The minimum atomic E-state index is -0.0915. The van der Waals surface area contributed by atoms with Gasteiger partial charge in [0, 0.05) is 6.20 Å². The van der Waals surface area contributed by atoms with Gasteiger partial charge in [-0.15, -0.1) is 0 Å².